The van der Waals surface area contributed by atoms with E-state index in [4.69, 9.17) is 19.7 Å². The van der Waals surface area contributed by atoms with Crippen molar-refractivity contribution in [1.82, 2.24) is 0 Å². The van der Waals surface area contributed by atoms with Crippen LogP contribution in [0.4, 0.5) is 0 Å². The van der Waals surface area contributed by atoms with Gasteiger partial charge in [0.05, 0.1) is 13.2 Å². The third kappa shape index (κ3) is 3.73. The molecule has 4 rings (SSSR count). The van der Waals surface area contributed by atoms with E-state index >= 15 is 0 Å². The lowest BCUT2D eigenvalue weighted by Gasteiger charge is -2.12. The quantitative estimate of drug-likeness (QED) is 0.735. The molecule has 0 aromatic heterocycles. The molecule has 0 spiro atoms. The van der Waals surface area contributed by atoms with E-state index in [-0.39, 0.29) is 13.2 Å². The highest BCUT2D eigenvalue weighted by molar-refractivity contribution is 5.96. The molecule has 0 unspecified atom stereocenters. The van der Waals surface area contributed by atoms with Gasteiger partial charge in [-0.25, -0.2) is 0 Å². The van der Waals surface area contributed by atoms with E-state index < -0.39 is 0 Å². The number of benzene rings is 2. The number of allylic oxidation sites excluding steroid dienone is 2. The van der Waals surface area contributed by atoms with Gasteiger partial charge in [0.2, 0.25) is 0 Å². The van der Waals surface area contributed by atoms with Gasteiger partial charge < -0.3 is 19.7 Å². The lowest BCUT2D eigenvalue weighted by molar-refractivity contribution is 0.201. The molecular weight excluding hydrogens is 340 g/mol. The lowest BCUT2D eigenvalue weighted by Crippen LogP contribution is -2.02. The summed E-state index contributed by atoms with van der Waals surface area (Å²) in [5, 5.41) is 17.9. The zero-order chi connectivity index (χ0) is 18.6. The number of ether oxygens (including phenoxy) is 2. The molecule has 142 valence electrons. The third-order valence-corrected chi connectivity index (χ3v) is 5.40. The molecule has 0 fully saturated rings. The van der Waals surface area contributed by atoms with E-state index in [9.17, 15) is 0 Å². The number of aryl methyl sites for hydroxylation is 2. The Morgan fingerprint density at radius 1 is 0.667 bits per heavy atom. The van der Waals surface area contributed by atoms with Crippen LogP contribution in [0, 0.1) is 0 Å². The van der Waals surface area contributed by atoms with E-state index in [2.05, 4.69) is 24.3 Å². The van der Waals surface area contributed by atoms with E-state index in [1.807, 2.05) is 12.1 Å². The minimum Gasteiger partial charge on any atom is -0.493 e. The van der Waals surface area contributed by atoms with Gasteiger partial charge in [-0.3, -0.25) is 0 Å². The standard InChI is InChI=1S/C23H26O4/c24-10-1-12-26-18-6-2-16-4-8-20(22(16)14-18)21-9-5-17-3-7-19(15-23(17)21)27-13-11-25/h2-3,6-7,14-15,24-25H,1,4-5,8-13H2/b21-20-. The molecule has 2 N–H and O–H groups in total. The largest absolute Gasteiger partial charge is 0.493 e. The highest BCUT2D eigenvalue weighted by atomic mass is 16.5. The van der Waals surface area contributed by atoms with Crippen LogP contribution in [0.2, 0.25) is 0 Å². The maximum Gasteiger partial charge on any atom is 0.120 e. The molecule has 0 bridgehead atoms. The Balaban J connectivity index is 1.66. The van der Waals surface area contributed by atoms with E-state index in [0.29, 0.717) is 19.6 Å². The maximum absolute atomic E-state index is 9.00. The Morgan fingerprint density at radius 3 is 1.74 bits per heavy atom. The molecule has 0 saturated carbocycles. The van der Waals surface area contributed by atoms with Crippen molar-refractivity contribution in [3.05, 3.63) is 58.7 Å². The fourth-order valence-corrected chi connectivity index (χ4v) is 4.12. The first-order valence-electron chi connectivity index (χ1n) is 9.76. The summed E-state index contributed by atoms with van der Waals surface area (Å²) in [6.07, 6.45) is 4.90. The van der Waals surface area contributed by atoms with Gasteiger partial charge in [0.25, 0.3) is 0 Å². The summed E-state index contributed by atoms with van der Waals surface area (Å²) in [6, 6.07) is 12.6. The molecule has 27 heavy (non-hydrogen) atoms. The van der Waals surface area contributed by atoms with Crippen LogP contribution in [-0.2, 0) is 12.8 Å². The average molecular weight is 366 g/mol. The third-order valence-electron chi connectivity index (χ3n) is 5.40. The Bertz CT molecular complexity index is 853. The van der Waals surface area contributed by atoms with Crippen LogP contribution in [0.25, 0.3) is 11.1 Å². The summed E-state index contributed by atoms with van der Waals surface area (Å²) < 4.78 is 11.4. The van der Waals surface area contributed by atoms with Crippen molar-refractivity contribution in [2.75, 3.05) is 26.4 Å². The van der Waals surface area contributed by atoms with Crippen LogP contribution in [0.15, 0.2) is 36.4 Å². The number of fused-ring (bicyclic) bond motifs is 2. The molecule has 0 heterocycles. The maximum atomic E-state index is 9.00. The van der Waals surface area contributed by atoms with Crippen LogP contribution >= 0.6 is 0 Å². The molecule has 4 heteroatoms. The van der Waals surface area contributed by atoms with Crippen LogP contribution in [0.1, 0.15) is 41.5 Å². The number of rotatable bonds is 7. The minimum atomic E-state index is 0.0253. The number of aliphatic hydroxyl groups is 2. The van der Waals surface area contributed by atoms with Gasteiger partial charge in [0.1, 0.15) is 18.1 Å². The molecule has 2 aliphatic carbocycles. The second-order valence-corrected chi connectivity index (χ2v) is 7.09. The van der Waals surface area contributed by atoms with Gasteiger partial charge in [-0.15, -0.1) is 0 Å². The number of aliphatic hydroxyl groups excluding tert-OH is 2. The number of hydrogen-bond donors (Lipinski definition) is 2. The summed E-state index contributed by atoms with van der Waals surface area (Å²) in [6.45, 7) is 1.03. The normalized spacial score (nSPS) is 17.7. The minimum absolute atomic E-state index is 0.0253. The fourth-order valence-electron chi connectivity index (χ4n) is 4.12. The SMILES string of the molecule is OCCCOc1ccc2c(c1)/C(=C1/CCc3ccc(OCCO)cc31)CC2. The zero-order valence-corrected chi connectivity index (χ0v) is 15.5. The van der Waals surface area contributed by atoms with Gasteiger partial charge >= 0.3 is 0 Å². The molecule has 0 saturated heterocycles. The van der Waals surface area contributed by atoms with Crippen LogP contribution < -0.4 is 9.47 Å². The molecule has 0 aliphatic heterocycles. The highest BCUT2D eigenvalue weighted by Gasteiger charge is 2.25. The van der Waals surface area contributed by atoms with E-state index in [0.717, 1.165) is 37.2 Å². The van der Waals surface area contributed by atoms with Crippen molar-refractivity contribution in [3.63, 3.8) is 0 Å². The zero-order valence-electron chi connectivity index (χ0n) is 15.5. The van der Waals surface area contributed by atoms with Gasteiger partial charge in [0, 0.05) is 13.0 Å². The first-order chi connectivity index (χ1) is 13.3. The van der Waals surface area contributed by atoms with Crippen molar-refractivity contribution in [2.24, 2.45) is 0 Å². The van der Waals surface area contributed by atoms with Crippen molar-refractivity contribution in [1.29, 1.82) is 0 Å². The fraction of sp³-hybridized carbons (Fsp3) is 0.391. The van der Waals surface area contributed by atoms with Crippen molar-refractivity contribution in [2.45, 2.75) is 32.1 Å². The average Bonchev–Trinajstić information content (AvgIpc) is 3.29. The van der Waals surface area contributed by atoms with Gasteiger partial charge in [-0.1, -0.05) is 12.1 Å². The van der Waals surface area contributed by atoms with Gasteiger partial charge in [-0.2, -0.15) is 0 Å². The summed E-state index contributed by atoms with van der Waals surface area (Å²) in [4.78, 5) is 0. The molecule has 2 aromatic rings. The van der Waals surface area contributed by atoms with Crippen molar-refractivity contribution < 1.29 is 19.7 Å². The lowest BCUT2D eigenvalue weighted by atomic mass is 9.97. The summed E-state index contributed by atoms with van der Waals surface area (Å²) >= 11 is 0. The first kappa shape index (κ1) is 18.1. The first-order valence-corrected chi connectivity index (χ1v) is 9.76. The summed E-state index contributed by atoms with van der Waals surface area (Å²) in [5.41, 5.74) is 8.20. The molecular formula is C23H26O4. The molecule has 2 aromatic carbocycles. The summed E-state index contributed by atoms with van der Waals surface area (Å²) in [7, 11) is 0. The topological polar surface area (TPSA) is 58.9 Å². The molecule has 4 nitrogen and oxygen atoms in total. The van der Waals surface area contributed by atoms with Crippen molar-refractivity contribution >= 4 is 11.1 Å². The van der Waals surface area contributed by atoms with Gasteiger partial charge in [0.15, 0.2) is 0 Å². The Morgan fingerprint density at radius 2 is 1.22 bits per heavy atom. The smallest absolute Gasteiger partial charge is 0.120 e. The highest BCUT2D eigenvalue weighted by Crippen LogP contribution is 2.45. The summed E-state index contributed by atoms with van der Waals surface area (Å²) in [5.74, 6) is 1.70. The molecule has 0 atom stereocenters. The molecule has 0 radical (unpaired) electrons. The monoisotopic (exact) mass is 366 g/mol. The predicted octanol–water partition coefficient (Wildman–Crippen LogP) is 3.62. The second kappa shape index (κ2) is 8.15. The Kier molecular flexibility index (Phi) is 5.46. The van der Waals surface area contributed by atoms with Crippen LogP contribution in [-0.4, -0.2) is 36.6 Å². The van der Waals surface area contributed by atoms with E-state index in [1.54, 1.807) is 0 Å². The van der Waals surface area contributed by atoms with Crippen molar-refractivity contribution in [3.8, 4) is 11.5 Å². The molecule has 2 aliphatic rings. The number of hydrogen-bond acceptors (Lipinski definition) is 4. The van der Waals surface area contributed by atoms with Crippen LogP contribution in [0.3, 0.4) is 0 Å². The van der Waals surface area contributed by atoms with E-state index in [1.165, 1.54) is 33.4 Å². The Hall–Kier alpha value is -2.30. The second-order valence-electron chi connectivity index (χ2n) is 7.09. The van der Waals surface area contributed by atoms with Crippen LogP contribution in [0.5, 0.6) is 11.5 Å². The Labute approximate surface area is 160 Å². The predicted molar refractivity (Wildman–Crippen MR) is 106 cm³/mol. The molecule has 0 amide bonds. The van der Waals surface area contributed by atoms with Gasteiger partial charge in [-0.05, 0) is 83.3 Å².